The first-order chi connectivity index (χ1) is 13.9. The number of benzene rings is 2. The highest BCUT2D eigenvalue weighted by atomic mass is 16.5. The molecule has 158 valence electrons. The van der Waals surface area contributed by atoms with Crippen molar-refractivity contribution in [2.45, 2.75) is 52.4 Å². The molecule has 30 heavy (non-hydrogen) atoms. The number of hydrogen-bond acceptors (Lipinski definition) is 4. The number of methoxy groups -OCH3 is 1. The summed E-state index contributed by atoms with van der Waals surface area (Å²) in [6, 6.07) is 12.5. The first-order valence-corrected chi connectivity index (χ1v) is 9.82. The molecule has 2 rings (SSSR count). The summed E-state index contributed by atoms with van der Waals surface area (Å²) in [5.41, 5.74) is 2.19. The van der Waals surface area contributed by atoms with Crippen LogP contribution in [0.2, 0.25) is 0 Å². The number of amides is 1. The van der Waals surface area contributed by atoms with Gasteiger partial charge in [0, 0.05) is 16.8 Å². The summed E-state index contributed by atoms with van der Waals surface area (Å²) in [6.45, 7) is 12.1. The highest BCUT2D eigenvalue weighted by molar-refractivity contribution is 6.09. The van der Waals surface area contributed by atoms with Gasteiger partial charge in [0.2, 0.25) is 0 Å². The van der Waals surface area contributed by atoms with Crippen molar-refractivity contribution < 1.29 is 14.6 Å². The van der Waals surface area contributed by atoms with E-state index >= 15 is 0 Å². The zero-order chi connectivity index (χ0) is 22.7. The lowest BCUT2D eigenvalue weighted by atomic mass is 9.78. The number of ether oxygens (including phenoxy) is 1. The number of aromatic hydroxyl groups is 1. The van der Waals surface area contributed by atoms with Crippen LogP contribution in [0.15, 0.2) is 42.0 Å². The molecule has 0 bridgehead atoms. The molecule has 2 aromatic rings. The first kappa shape index (κ1) is 23.0. The molecular weight excluding hydrogens is 376 g/mol. The van der Waals surface area contributed by atoms with Gasteiger partial charge < -0.3 is 15.2 Å². The van der Waals surface area contributed by atoms with E-state index in [4.69, 9.17) is 4.74 Å². The topological polar surface area (TPSA) is 82.3 Å². The van der Waals surface area contributed by atoms with Gasteiger partial charge in [-0.3, -0.25) is 4.79 Å². The van der Waals surface area contributed by atoms with Gasteiger partial charge in [0.15, 0.2) is 0 Å². The molecule has 0 aromatic heterocycles. The zero-order valence-electron chi connectivity index (χ0n) is 18.8. The molecule has 0 saturated carbocycles. The number of phenols is 1. The molecule has 0 aliphatic carbocycles. The molecule has 5 heteroatoms. The van der Waals surface area contributed by atoms with Crippen molar-refractivity contribution in [3.8, 4) is 17.6 Å². The molecule has 0 spiro atoms. The normalized spacial score (nSPS) is 12.3. The summed E-state index contributed by atoms with van der Waals surface area (Å²) < 4.78 is 5.11. The summed E-state index contributed by atoms with van der Waals surface area (Å²) in [6.07, 6.45) is 1.56. The number of carbonyl (C=O) groups is 1. The van der Waals surface area contributed by atoms with E-state index < -0.39 is 5.91 Å². The first-order valence-electron chi connectivity index (χ1n) is 9.82. The largest absolute Gasteiger partial charge is 0.507 e. The highest BCUT2D eigenvalue weighted by Gasteiger charge is 2.26. The van der Waals surface area contributed by atoms with Crippen LogP contribution in [-0.2, 0) is 15.6 Å². The Labute approximate surface area is 179 Å². The predicted molar refractivity (Wildman–Crippen MR) is 121 cm³/mol. The summed E-state index contributed by atoms with van der Waals surface area (Å²) in [5, 5.41) is 23.2. The molecule has 5 nitrogen and oxygen atoms in total. The van der Waals surface area contributed by atoms with Crippen molar-refractivity contribution in [3.63, 3.8) is 0 Å². The van der Waals surface area contributed by atoms with Crippen molar-refractivity contribution >= 4 is 17.7 Å². The van der Waals surface area contributed by atoms with E-state index in [1.165, 1.54) is 0 Å². The Morgan fingerprint density at radius 2 is 1.53 bits per heavy atom. The maximum Gasteiger partial charge on any atom is 0.266 e. The molecule has 0 atom stereocenters. The molecule has 0 aliphatic rings. The molecule has 2 aromatic carbocycles. The highest BCUT2D eigenvalue weighted by Crippen LogP contribution is 2.40. The summed E-state index contributed by atoms with van der Waals surface area (Å²) in [4.78, 5) is 12.7. The van der Waals surface area contributed by atoms with Crippen molar-refractivity contribution in [3.05, 3.63) is 58.7 Å². The van der Waals surface area contributed by atoms with Crippen molar-refractivity contribution in [2.24, 2.45) is 0 Å². The van der Waals surface area contributed by atoms with Crippen LogP contribution >= 0.6 is 0 Å². The lowest BCUT2D eigenvalue weighted by Gasteiger charge is -2.28. The number of hydrogen-bond donors (Lipinski definition) is 2. The van der Waals surface area contributed by atoms with Crippen molar-refractivity contribution in [1.29, 1.82) is 5.26 Å². The molecule has 2 N–H and O–H groups in total. The second-order valence-corrected chi connectivity index (χ2v) is 9.32. The van der Waals surface area contributed by atoms with Crippen LogP contribution in [0.25, 0.3) is 6.08 Å². The molecule has 0 aliphatic heterocycles. The number of phenolic OH excluding ortho intramolecular Hbond substituents is 1. The number of nitrogens with one attached hydrogen (secondary N) is 1. The van der Waals surface area contributed by atoms with E-state index in [-0.39, 0.29) is 22.2 Å². The van der Waals surface area contributed by atoms with Crippen LogP contribution in [-0.4, -0.2) is 18.1 Å². The van der Waals surface area contributed by atoms with Gasteiger partial charge in [-0.1, -0.05) is 41.5 Å². The minimum absolute atomic E-state index is 0.0174. The van der Waals surface area contributed by atoms with E-state index in [0.29, 0.717) is 17.0 Å². The van der Waals surface area contributed by atoms with Crippen LogP contribution < -0.4 is 10.1 Å². The smallest absolute Gasteiger partial charge is 0.266 e. The second kappa shape index (κ2) is 8.62. The zero-order valence-corrected chi connectivity index (χ0v) is 18.8. The Kier molecular flexibility index (Phi) is 6.62. The van der Waals surface area contributed by atoms with Crippen LogP contribution in [0.3, 0.4) is 0 Å². The Morgan fingerprint density at radius 3 is 1.93 bits per heavy atom. The Balaban J connectivity index is 2.47. The number of carbonyl (C=O) groups excluding carboxylic acids is 1. The lowest BCUT2D eigenvalue weighted by molar-refractivity contribution is -0.112. The minimum Gasteiger partial charge on any atom is -0.507 e. The fourth-order valence-corrected chi connectivity index (χ4v) is 3.07. The second-order valence-electron chi connectivity index (χ2n) is 9.32. The Morgan fingerprint density at radius 1 is 1.03 bits per heavy atom. The van der Waals surface area contributed by atoms with Crippen molar-refractivity contribution in [1.82, 2.24) is 0 Å². The van der Waals surface area contributed by atoms with E-state index in [1.807, 2.05) is 59.7 Å². The summed E-state index contributed by atoms with van der Waals surface area (Å²) in [5.74, 6) is 0.441. The quantitative estimate of drug-likeness (QED) is 0.516. The minimum atomic E-state index is -0.495. The van der Waals surface area contributed by atoms with E-state index in [2.05, 4.69) is 5.32 Å². The summed E-state index contributed by atoms with van der Waals surface area (Å²) >= 11 is 0. The molecule has 0 radical (unpaired) electrons. The molecule has 0 fully saturated rings. The monoisotopic (exact) mass is 406 g/mol. The predicted octanol–water partition coefficient (Wildman–Crippen LogP) is 5.54. The standard InChI is InChI=1S/C25H30N2O3/c1-24(2,3)20-13-16(14-21(22(20)28)25(4,5)6)12-17(15-26)23(29)27-18-8-10-19(30-7)11-9-18/h8-14,28H,1-7H3,(H,27,29)/b17-12+. The number of nitriles is 1. The van der Waals surface area contributed by atoms with E-state index in [9.17, 15) is 15.2 Å². The van der Waals surface area contributed by atoms with Gasteiger partial charge in [-0.15, -0.1) is 0 Å². The third kappa shape index (κ3) is 5.42. The van der Waals surface area contributed by atoms with Gasteiger partial charge in [0.05, 0.1) is 7.11 Å². The van der Waals surface area contributed by atoms with Gasteiger partial charge in [-0.2, -0.15) is 5.26 Å². The van der Waals surface area contributed by atoms with Crippen molar-refractivity contribution in [2.75, 3.05) is 12.4 Å². The molecule has 1 amide bonds. The van der Waals surface area contributed by atoms with Gasteiger partial charge >= 0.3 is 0 Å². The maximum absolute atomic E-state index is 12.7. The molecule has 0 heterocycles. The van der Waals surface area contributed by atoms with Crippen LogP contribution in [0.5, 0.6) is 11.5 Å². The molecule has 0 saturated heterocycles. The SMILES string of the molecule is COc1ccc(NC(=O)/C(C#N)=C/c2cc(C(C)(C)C)c(O)c(C(C)(C)C)c2)cc1. The van der Waals surface area contributed by atoms with E-state index in [1.54, 1.807) is 37.5 Å². The number of rotatable bonds is 4. The van der Waals surface area contributed by atoms with Gasteiger partial charge in [0.1, 0.15) is 23.1 Å². The maximum atomic E-state index is 12.7. The average Bonchev–Trinajstić information content (AvgIpc) is 2.65. The third-order valence-electron chi connectivity index (χ3n) is 4.77. The van der Waals surface area contributed by atoms with Gasteiger partial charge in [0.25, 0.3) is 5.91 Å². The molecular formula is C25H30N2O3. The third-order valence-corrected chi connectivity index (χ3v) is 4.77. The molecule has 0 unspecified atom stereocenters. The van der Waals surface area contributed by atoms with Gasteiger partial charge in [-0.25, -0.2) is 0 Å². The lowest BCUT2D eigenvalue weighted by Crippen LogP contribution is -2.18. The summed E-state index contributed by atoms with van der Waals surface area (Å²) in [7, 11) is 1.57. The van der Waals surface area contributed by atoms with Crippen LogP contribution in [0.4, 0.5) is 5.69 Å². The Hall–Kier alpha value is -3.26. The van der Waals surface area contributed by atoms with Gasteiger partial charge in [-0.05, 0) is 58.9 Å². The number of nitrogens with zero attached hydrogens (tertiary/aromatic N) is 1. The van der Waals surface area contributed by atoms with Crippen LogP contribution in [0, 0.1) is 11.3 Å². The fraction of sp³-hybridized carbons (Fsp3) is 0.360. The Bertz CT molecular complexity index is 964. The number of anilines is 1. The average molecular weight is 407 g/mol. The fourth-order valence-electron chi connectivity index (χ4n) is 3.07. The van der Waals surface area contributed by atoms with E-state index in [0.717, 1.165) is 11.1 Å². The van der Waals surface area contributed by atoms with Crippen LogP contribution in [0.1, 0.15) is 58.2 Å².